The lowest BCUT2D eigenvalue weighted by atomic mass is 10.2. The fourth-order valence-corrected chi connectivity index (χ4v) is 3.34. The fourth-order valence-electron chi connectivity index (χ4n) is 2.59. The summed E-state index contributed by atoms with van der Waals surface area (Å²) in [5.41, 5.74) is 1.06. The zero-order chi connectivity index (χ0) is 19.9. The molecule has 1 heterocycles. The van der Waals surface area contributed by atoms with E-state index in [0.717, 1.165) is 23.1 Å². The maximum atomic E-state index is 14.5. The molecule has 0 atom stereocenters. The van der Waals surface area contributed by atoms with E-state index in [1.54, 1.807) is 29.7 Å². The number of carbonyl (C=O) groups is 1. The first-order chi connectivity index (χ1) is 13.6. The highest BCUT2D eigenvalue weighted by molar-refractivity contribution is 7.99. The van der Waals surface area contributed by atoms with Crippen molar-refractivity contribution >= 4 is 17.7 Å². The topological polar surface area (TPSA) is 66.2 Å². The summed E-state index contributed by atoms with van der Waals surface area (Å²) in [6, 6.07) is 13.7. The summed E-state index contributed by atoms with van der Waals surface area (Å²) in [5, 5.41) is 8.81. The molecule has 1 aromatic heterocycles. The third-order valence-corrected chi connectivity index (χ3v) is 4.68. The van der Waals surface area contributed by atoms with Gasteiger partial charge in [-0.25, -0.2) is 4.39 Å². The molecule has 0 spiro atoms. The Hall–Kier alpha value is -2.87. The molecule has 2 aromatic carbocycles. The summed E-state index contributed by atoms with van der Waals surface area (Å²) in [6.45, 7) is 4.53. The van der Waals surface area contributed by atoms with E-state index in [9.17, 15) is 9.18 Å². The molecule has 28 heavy (non-hydrogen) atoms. The molecule has 0 N–H and O–H groups in total. The molecule has 0 aliphatic carbocycles. The van der Waals surface area contributed by atoms with Crippen LogP contribution in [-0.2, 0) is 9.53 Å². The highest BCUT2D eigenvalue weighted by Gasteiger charge is 2.19. The smallest absolute Gasteiger partial charge is 0.316 e. The predicted molar refractivity (Wildman–Crippen MR) is 105 cm³/mol. The standard InChI is InChI=1S/C20H20FN3O3S/c1-3-26-15-11-9-14(10-12-15)19-22-23-20(28-13-18(25)27-4-2)24(19)17-8-6-5-7-16(17)21/h5-12H,3-4,13H2,1-2H3. The fraction of sp³-hybridized carbons (Fsp3) is 0.250. The molecule has 0 fully saturated rings. The molecule has 0 saturated heterocycles. The van der Waals surface area contributed by atoms with Gasteiger partial charge < -0.3 is 9.47 Å². The maximum absolute atomic E-state index is 14.5. The molecule has 6 nitrogen and oxygen atoms in total. The number of rotatable bonds is 8. The van der Waals surface area contributed by atoms with Gasteiger partial charge in [0, 0.05) is 5.56 Å². The van der Waals surface area contributed by atoms with E-state index >= 15 is 0 Å². The lowest BCUT2D eigenvalue weighted by molar-refractivity contribution is -0.139. The third kappa shape index (κ3) is 4.51. The second kappa shape index (κ2) is 9.36. The number of carbonyl (C=O) groups excluding carboxylic acids is 1. The summed E-state index contributed by atoms with van der Waals surface area (Å²) < 4.78 is 26.5. The molecule has 0 unspecified atom stereocenters. The highest BCUT2D eigenvalue weighted by Crippen LogP contribution is 2.30. The molecular weight excluding hydrogens is 381 g/mol. The number of hydrogen-bond donors (Lipinski definition) is 0. The lowest BCUT2D eigenvalue weighted by Crippen LogP contribution is -2.08. The molecule has 0 aliphatic heterocycles. The van der Waals surface area contributed by atoms with Crippen molar-refractivity contribution < 1.29 is 18.7 Å². The summed E-state index contributed by atoms with van der Waals surface area (Å²) in [6.07, 6.45) is 0. The van der Waals surface area contributed by atoms with E-state index in [1.165, 1.54) is 6.07 Å². The van der Waals surface area contributed by atoms with E-state index < -0.39 is 5.82 Å². The monoisotopic (exact) mass is 401 g/mol. The van der Waals surface area contributed by atoms with Crippen LogP contribution >= 0.6 is 11.8 Å². The van der Waals surface area contributed by atoms with Crippen molar-refractivity contribution in [1.29, 1.82) is 0 Å². The summed E-state index contributed by atoms with van der Waals surface area (Å²) >= 11 is 1.15. The average molecular weight is 401 g/mol. The van der Waals surface area contributed by atoms with Gasteiger partial charge in [-0.05, 0) is 50.2 Å². The molecule has 3 aromatic rings. The minimum Gasteiger partial charge on any atom is -0.494 e. The van der Waals surface area contributed by atoms with Crippen LogP contribution in [0.25, 0.3) is 17.1 Å². The Morgan fingerprint density at radius 1 is 1.07 bits per heavy atom. The van der Waals surface area contributed by atoms with Gasteiger partial charge in [-0.15, -0.1) is 10.2 Å². The predicted octanol–water partition coefficient (Wildman–Crippen LogP) is 4.13. The Bertz CT molecular complexity index is 944. The SMILES string of the molecule is CCOC(=O)CSc1nnc(-c2ccc(OCC)cc2)n1-c1ccccc1F. The number of halogens is 1. The Morgan fingerprint density at radius 3 is 2.50 bits per heavy atom. The first-order valence-electron chi connectivity index (χ1n) is 8.86. The number of para-hydroxylation sites is 1. The largest absolute Gasteiger partial charge is 0.494 e. The Labute approximate surface area is 166 Å². The van der Waals surface area contributed by atoms with Gasteiger partial charge in [-0.3, -0.25) is 9.36 Å². The van der Waals surface area contributed by atoms with Crippen molar-refractivity contribution in [3.05, 3.63) is 54.3 Å². The maximum Gasteiger partial charge on any atom is 0.316 e. The second-order valence-corrected chi connectivity index (χ2v) is 6.59. The molecule has 0 radical (unpaired) electrons. The van der Waals surface area contributed by atoms with Crippen LogP contribution in [0.3, 0.4) is 0 Å². The van der Waals surface area contributed by atoms with Crippen molar-refractivity contribution in [2.75, 3.05) is 19.0 Å². The first kappa shape index (κ1) is 19.9. The number of nitrogens with zero attached hydrogens (tertiary/aromatic N) is 3. The number of esters is 1. The third-order valence-electron chi connectivity index (χ3n) is 3.77. The Balaban J connectivity index is 2.00. The minimum atomic E-state index is -0.410. The summed E-state index contributed by atoms with van der Waals surface area (Å²) in [7, 11) is 0. The molecule has 0 bridgehead atoms. The van der Waals surface area contributed by atoms with Gasteiger partial charge in [-0.1, -0.05) is 23.9 Å². The van der Waals surface area contributed by atoms with Crippen LogP contribution in [0.2, 0.25) is 0 Å². The van der Waals surface area contributed by atoms with E-state index in [0.29, 0.717) is 29.9 Å². The molecular formula is C20H20FN3O3S. The number of benzene rings is 2. The Kier molecular flexibility index (Phi) is 6.65. The molecule has 3 rings (SSSR count). The van der Waals surface area contributed by atoms with E-state index in [2.05, 4.69) is 10.2 Å². The summed E-state index contributed by atoms with van der Waals surface area (Å²) in [5.74, 6) is 0.495. The van der Waals surface area contributed by atoms with E-state index in [-0.39, 0.29) is 11.7 Å². The van der Waals surface area contributed by atoms with Crippen molar-refractivity contribution in [2.24, 2.45) is 0 Å². The van der Waals surface area contributed by atoms with Gasteiger partial charge >= 0.3 is 5.97 Å². The lowest BCUT2D eigenvalue weighted by Gasteiger charge is -2.11. The van der Waals surface area contributed by atoms with Crippen LogP contribution < -0.4 is 4.74 Å². The average Bonchev–Trinajstić information content (AvgIpc) is 3.11. The van der Waals surface area contributed by atoms with Gasteiger partial charge in [0.1, 0.15) is 11.6 Å². The van der Waals surface area contributed by atoms with Crippen LogP contribution in [0.1, 0.15) is 13.8 Å². The molecule has 8 heteroatoms. The van der Waals surface area contributed by atoms with Crippen molar-refractivity contribution in [2.45, 2.75) is 19.0 Å². The van der Waals surface area contributed by atoms with Crippen molar-refractivity contribution in [1.82, 2.24) is 14.8 Å². The Morgan fingerprint density at radius 2 is 1.82 bits per heavy atom. The van der Waals surface area contributed by atoms with Gasteiger partial charge in [-0.2, -0.15) is 0 Å². The molecule has 0 aliphatic rings. The van der Waals surface area contributed by atoms with E-state index in [4.69, 9.17) is 9.47 Å². The van der Waals surface area contributed by atoms with Crippen LogP contribution in [0.15, 0.2) is 53.7 Å². The number of hydrogen-bond acceptors (Lipinski definition) is 6. The quantitative estimate of drug-likeness (QED) is 0.418. The van der Waals surface area contributed by atoms with Gasteiger partial charge in [0.05, 0.1) is 24.7 Å². The van der Waals surface area contributed by atoms with Crippen molar-refractivity contribution in [3.8, 4) is 22.8 Å². The van der Waals surface area contributed by atoms with Gasteiger partial charge in [0.15, 0.2) is 11.0 Å². The number of ether oxygens (including phenoxy) is 2. The summed E-state index contributed by atoms with van der Waals surface area (Å²) in [4.78, 5) is 11.7. The first-order valence-corrected chi connectivity index (χ1v) is 9.84. The van der Waals surface area contributed by atoms with Crippen LogP contribution in [-0.4, -0.2) is 39.7 Å². The van der Waals surface area contributed by atoms with Crippen molar-refractivity contribution in [3.63, 3.8) is 0 Å². The van der Waals surface area contributed by atoms with Gasteiger partial charge in [0.2, 0.25) is 0 Å². The van der Waals surface area contributed by atoms with Gasteiger partial charge in [0.25, 0.3) is 0 Å². The molecule has 146 valence electrons. The van der Waals surface area contributed by atoms with Crippen LogP contribution in [0.4, 0.5) is 4.39 Å². The number of aromatic nitrogens is 3. The second-order valence-electron chi connectivity index (χ2n) is 5.64. The van der Waals surface area contributed by atoms with Crippen LogP contribution in [0.5, 0.6) is 5.75 Å². The van der Waals surface area contributed by atoms with E-state index in [1.807, 2.05) is 31.2 Å². The zero-order valence-electron chi connectivity index (χ0n) is 15.6. The molecule has 0 amide bonds. The number of thioether (sulfide) groups is 1. The zero-order valence-corrected chi connectivity index (χ0v) is 16.4. The molecule has 0 saturated carbocycles. The normalized spacial score (nSPS) is 10.7. The highest BCUT2D eigenvalue weighted by atomic mass is 32.2. The minimum absolute atomic E-state index is 0.0592. The van der Waals surface area contributed by atoms with Crippen LogP contribution in [0, 0.1) is 5.82 Å².